The van der Waals surface area contributed by atoms with Gasteiger partial charge in [0.25, 0.3) is 0 Å². The average molecular weight is 318 g/mol. The number of ether oxygens (including phenoxy) is 1. The third-order valence-electron chi connectivity index (χ3n) is 4.22. The van der Waals surface area contributed by atoms with Gasteiger partial charge in [-0.15, -0.1) is 0 Å². The zero-order valence-electron chi connectivity index (χ0n) is 14.5. The molecule has 1 aromatic carbocycles. The number of carbonyl (C=O) groups excluding carboxylic acids is 2. The second-order valence-corrected chi connectivity index (χ2v) is 6.10. The molecule has 0 saturated carbocycles. The molecule has 0 N–H and O–H groups in total. The van der Waals surface area contributed by atoms with Crippen molar-refractivity contribution < 1.29 is 14.3 Å². The summed E-state index contributed by atoms with van der Waals surface area (Å²) in [4.78, 5) is 24.8. The Morgan fingerprint density at radius 2 is 1.61 bits per heavy atom. The average Bonchev–Trinajstić information content (AvgIpc) is 2.51. The predicted molar refractivity (Wildman–Crippen MR) is 89.0 cm³/mol. The van der Waals surface area contributed by atoms with Crippen LogP contribution in [0.25, 0.3) is 0 Å². The van der Waals surface area contributed by atoms with E-state index in [2.05, 4.69) is 19.1 Å². The number of hydrazine groups is 1. The van der Waals surface area contributed by atoms with Crippen LogP contribution in [0.15, 0.2) is 12.1 Å². The summed E-state index contributed by atoms with van der Waals surface area (Å²) >= 11 is 0. The molecule has 0 aromatic heterocycles. The molecule has 0 radical (unpaired) electrons. The molecular formula is C18H26N2O3. The van der Waals surface area contributed by atoms with Crippen molar-refractivity contribution in [1.82, 2.24) is 10.0 Å². The van der Waals surface area contributed by atoms with Crippen molar-refractivity contribution in [2.75, 3.05) is 19.7 Å². The first-order chi connectivity index (χ1) is 10.9. The molecule has 5 heteroatoms. The van der Waals surface area contributed by atoms with Crippen LogP contribution in [0.2, 0.25) is 0 Å². The van der Waals surface area contributed by atoms with Crippen LogP contribution in [0.3, 0.4) is 0 Å². The van der Waals surface area contributed by atoms with Crippen LogP contribution in [-0.4, -0.2) is 41.7 Å². The van der Waals surface area contributed by atoms with E-state index in [-0.39, 0.29) is 5.91 Å². The van der Waals surface area contributed by atoms with E-state index in [9.17, 15) is 9.59 Å². The molecule has 0 atom stereocenters. The summed E-state index contributed by atoms with van der Waals surface area (Å²) in [6, 6.07) is 4.18. The lowest BCUT2D eigenvalue weighted by Gasteiger charge is -2.37. The number of amides is 2. The number of hydrogen-bond acceptors (Lipinski definition) is 3. The molecule has 1 heterocycles. The lowest BCUT2D eigenvalue weighted by atomic mass is 9.97. The summed E-state index contributed by atoms with van der Waals surface area (Å²) in [7, 11) is 0. The van der Waals surface area contributed by atoms with Crippen molar-refractivity contribution in [2.24, 2.45) is 0 Å². The third kappa shape index (κ3) is 4.03. The molecule has 23 heavy (non-hydrogen) atoms. The van der Waals surface area contributed by atoms with Crippen molar-refractivity contribution in [1.29, 1.82) is 0 Å². The maximum atomic E-state index is 12.8. The van der Waals surface area contributed by atoms with Gasteiger partial charge in [0, 0.05) is 13.1 Å². The molecule has 0 spiro atoms. The van der Waals surface area contributed by atoms with Crippen LogP contribution >= 0.6 is 0 Å². The van der Waals surface area contributed by atoms with E-state index in [1.807, 2.05) is 13.8 Å². The topological polar surface area (TPSA) is 49.9 Å². The Bertz CT molecular complexity index is 575. The van der Waals surface area contributed by atoms with Gasteiger partial charge in [-0.05, 0) is 57.2 Å². The van der Waals surface area contributed by atoms with Crippen LogP contribution in [0.4, 0.5) is 4.79 Å². The van der Waals surface area contributed by atoms with Gasteiger partial charge in [0.15, 0.2) is 0 Å². The first kappa shape index (κ1) is 17.3. The Hall–Kier alpha value is -2.04. The minimum absolute atomic E-state index is 0.0483. The second kappa shape index (κ2) is 7.49. The van der Waals surface area contributed by atoms with Gasteiger partial charge in [-0.25, -0.2) is 14.8 Å². The van der Waals surface area contributed by atoms with Crippen molar-refractivity contribution >= 4 is 12.0 Å². The van der Waals surface area contributed by atoms with Crippen molar-refractivity contribution in [3.05, 3.63) is 34.4 Å². The lowest BCUT2D eigenvalue weighted by molar-refractivity contribution is -0.148. The highest BCUT2D eigenvalue weighted by molar-refractivity contribution is 5.82. The van der Waals surface area contributed by atoms with Gasteiger partial charge in [0.2, 0.25) is 5.91 Å². The fourth-order valence-electron chi connectivity index (χ4n) is 3.14. The van der Waals surface area contributed by atoms with E-state index >= 15 is 0 Å². The number of rotatable bonds is 3. The number of carbonyl (C=O) groups is 2. The van der Waals surface area contributed by atoms with Crippen molar-refractivity contribution in [3.63, 3.8) is 0 Å². The Balaban J connectivity index is 2.16. The highest BCUT2D eigenvalue weighted by Crippen LogP contribution is 2.20. The molecule has 1 aliphatic rings. The third-order valence-corrected chi connectivity index (χ3v) is 4.22. The Morgan fingerprint density at radius 3 is 2.17 bits per heavy atom. The van der Waals surface area contributed by atoms with Gasteiger partial charge >= 0.3 is 6.09 Å². The van der Waals surface area contributed by atoms with Crippen molar-refractivity contribution in [2.45, 2.75) is 47.0 Å². The van der Waals surface area contributed by atoms with Crippen molar-refractivity contribution in [3.8, 4) is 0 Å². The maximum absolute atomic E-state index is 12.8. The highest BCUT2D eigenvalue weighted by Gasteiger charge is 2.29. The molecule has 5 nitrogen and oxygen atoms in total. The number of aryl methyl sites for hydroxylation is 3. The van der Waals surface area contributed by atoms with Gasteiger partial charge in [-0.3, -0.25) is 4.79 Å². The summed E-state index contributed by atoms with van der Waals surface area (Å²) in [5.41, 5.74) is 4.49. The van der Waals surface area contributed by atoms with Crippen LogP contribution in [0, 0.1) is 20.8 Å². The smallest absolute Gasteiger partial charge is 0.428 e. The van der Waals surface area contributed by atoms with E-state index < -0.39 is 6.09 Å². The maximum Gasteiger partial charge on any atom is 0.428 e. The van der Waals surface area contributed by atoms with Gasteiger partial charge in [-0.2, -0.15) is 0 Å². The molecule has 2 rings (SSSR count). The summed E-state index contributed by atoms with van der Waals surface area (Å²) in [5, 5.41) is 3.01. The minimum atomic E-state index is -0.432. The zero-order chi connectivity index (χ0) is 17.0. The van der Waals surface area contributed by atoms with Crippen LogP contribution in [0.5, 0.6) is 0 Å². The van der Waals surface area contributed by atoms with Gasteiger partial charge in [-0.1, -0.05) is 17.7 Å². The van der Waals surface area contributed by atoms with Gasteiger partial charge in [0.05, 0.1) is 13.0 Å². The van der Waals surface area contributed by atoms with E-state index in [0.29, 0.717) is 26.1 Å². The van der Waals surface area contributed by atoms with E-state index in [0.717, 1.165) is 29.5 Å². The van der Waals surface area contributed by atoms with E-state index in [1.54, 1.807) is 11.9 Å². The first-order valence-electron chi connectivity index (χ1n) is 8.25. The molecule has 1 fully saturated rings. The standard InChI is InChI=1S/C18H26N2O3/c1-5-23-18(22)20-9-7-6-8-19(20)17(21)12-16-14(3)10-13(2)11-15(16)4/h10-11H,5-9,12H2,1-4H3. The van der Waals surface area contributed by atoms with E-state index in [1.165, 1.54) is 10.6 Å². The minimum Gasteiger partial charge on any atom is -0.448 e. The molecule has 0 unspecified atom stereocenters. The van der Waals surface area contributed by atoms with Crippen LogP contribution in [0.1, 0.15) is 42.0 Å². The first-order valence-corrected chi connectivity index (χ1v) is 8.25. The zero-order valence-corrected chi connectivity index (χ0v) is 14.5. The summed E-state index contributed by atoms with van der Waals surface area (Å²) < 4.78 is 5.07. The SMILES string of the molecule is CCOC(=O)N1CCCCN1C(=O)Cc1c(C)cc(C)cc1C. The lowest BCUT2D eigenvalue weighted by Crippen LogP contribution is -2.53. The summed E-state index contributed by atoms with van der Waals surface area (Å²) in [6.45, 7) is 9.31. The highest BCUT2D eigenvalue weighted by atomic mass is 16.6. The molecule has 0 bridgehead atoms. The van der Waals surface area contributed by atoms with Gasteiger partial charge < -0.3 is 4.74 Å². The molecule has 126 valence electrons. The van der Waals surface area contributed by atoms with E-state index in [4.69, 9.17) is 4.74 Å². The normalized spacial score (nSPS) is 14.8. The summed E-state index contributed by atoms with van der Waals surface area (Å²) in [6.07, 6.45) is 1.69. The van der Waals surface area contributed by atoms with Crippen LogP contribution in [-0.2, 0) is 16.0 Å². The largest absolute Gasteiger partial charge is 0.448 e. The predicted octanol–water partition coefficient (Wildman–Crippen LogP) is 3.15. The fraction of sp³-hybridized carbons (Fsp3) is 0.556. The fourth-order valence-corrected chi connectivity index (χ4v) is 3.14. The molecule has 1 saturated heterocycles. The Morgan fingerprint density at radius 1 is 1.04 bits per heavy atom. The van der Waals surface area contributed by atoms with Gasteiger partial charge in [0.1, 0.15) is 0 Å². The molecule has 0 aliphatic carbocycles. The second-order valence-electron chi connectivity index (χ2n) is 6.10. The molecule has 2 amide bonds. The monoisotopic (exact) mass is 318 g/mol. The quantitative estimate of drug-likeness (QED) is 0.860. The molecule has 1 aromatic rings. The summed E-state index contributed by atoms with van der Waals surface area (Å²) in [5.74, 6) is -0.0483. The number of nitrogens with zero attached hydrogens (tertiary/aromatic N) is 2. The number of hydrogen-bond donors (Lipinski definition) is 0. The van der Waals surface area contributed by atoms with Crippen LogP contribution < -0.4 is 0 Å². The Labute approximate surface area is 138 Å². The number of benzene rings is 1. The molecular weight excluding hydrogens is 292 g/mol. The molecule has 1 aliphatic heterocycles. The Kier molecular flexibility index (Phi) is 5.64.